The van der Waals surface area contributed by atoms with Gasteiger partial charge in [0, 0.05) is 18.7 Å². The fourth-order valence-corrected chi connectivity index (χ4v) is 3.82. The number of alkyl halides is 3. The van der Waals surface area contributed by atoms with Gasteiger partial charge in [-0.1, -0.05) is 12.0 Å². The Bertz CT molecular complexity index is 1080. The minimum absolute atomic E-state index is 0.0835. The Morgan fingerprint density at radius 3 is 2.35 bits per heavy atom. The van der Waals surface area contributed by atoms with Gasteiger partial charge in [-0.25, -0.2) is 8.42 Å². The Labute approximate surface area is 148 Å². The summed E-state index contributed by atoms with van der Waals surface area (Å²) < 4.78 is 63.8. The van der Waals surface area contributed by atoms with E-state index in [0.29, 0.717) is 21.9 Å². The van der Waals surface area contributed by atoms with Crippen molar-refractivity contribution in [2.45, 2.75) is 24.9 Å². The van der Waals surface area contributed by atoms with Gasteiger partial charge in [0.25, 0.3) is 0 Å². The first-order valence-corrected chi connectivity index (χ1v) is 8.97. The molecule has 0 atom stereocenters. The molecule has 0 aliphatic rings. The van der Waals surface area contributed by atoms with Crippen LogP contribution in [0.3, 0.4) is 0 Å². The molecule has 0 aliphatic heterocycles. The zero-order chi connectivity index (χ0) is 19.9. The average Bonchev–Trinajstić information content (AvgIpc) is 2.48. The number of aromatic nitrogens is 2. The molecule has 26 heavy (non-hydrogen) atoms. The van der Waals surface area contributed by atoms with E-state index in [4.69, 9.17) is 6.42 Å². The van der Waals surface area contributed by atoms with Gasteiger partial charge < -0.3 is 0 Å². The van der Waals surface area contributed by atoms with Crippen molar-refractivity contribution < 1.29 is 21.6 Å². The van der Waals surface area contributed by atoms with Crippen LogP contribution in [0.4, 0.5) is 13.2 Å². The van der Waals surface area contributed by atoms with Crippen molar-refractivity contribution in [2.75, 3.05) is 5.75 Å². The fourth-order valence-electron chi connectivity index (χ4n) is 2.60. The molecule has 1 aromatic carbocycles. The first kappa shape index (κ1) is 19.7. The molecule has 0 aliphatic carbocycles. The SMILES string of the molecule is C#CCS(=O)(=O)c1cc(-c2nn(C)c(C(F)(F)F)cc2=O)c(C)cc1C. The monoisotopic (exact) mass is 384 g/mol. The molecule has 2 rings (SSSR count). The average molecular weight is 384 g/mol. The predicted octanol–water partition coefficient (Wildman–Crippen LogP) is 2.49. The van der Waals surface area contributed by atoms with Crippen molar-refractivity contribution in [3.05, 3.63) is 45.2 Å². The molecule has 0 amide bonds. The molecule has 5 nitrogen and oxygen atoms in total. The molecule has 2 aromatic rings. The quantitative estimate of drug-likeness (QED) is 0.763. The van der Waals surface area contributed by atoms with E-state index < -0.39 is 32.9 Å². The van der Waals surface area contributed by atoms with E-state index in [9.17, 15) is 26.4 Å². The van der Waals surface area contributed by atoms with Gasteiger partial charge in [0.15, 0.2) is 9.84 Å². The molecule has 0 spiro atoms. The second-order valence-electron chi connectivity index (χ2n) is 5.76. The standard InChI is InChI=1S/C17H15F3N2O3S/c1-5-6-26(24,25)14-8-12(10(2)7-11(14)3)16-13(23)9-15(17(18,19)20)22(4)21-16/h1,7-9H,6H2,2-4H3. The molecule has 0 N–H and O–H groups in total. The minimum atomic E-state index is -4.73. The van der Waals surface area contributed by atoms with Crippen LogP contribution < -0.4 is 5.43 Å². The van der Waals surface area contributed by atoms with Crippen molar-refractivity contribution >= 4 is 9.84 Å². The fraction of sp³-hybridized carbons (Fsp3) is 0.294. The molecule has 0 saturated heterocycles. The Hall–Kier alpha value is -2.60. The predicted molar refractivity (Wildman–Crippen MR) is 90.3 cm³/mol. The Balaban J connectivity index is 2.77. The number of sulfone groups is 1. The van der Waals surface area contributed by atoms with Gasteiger partial charge in [-0.15, -0.1) is 6.42 Å². The van der Waals surface area contributed by atoms with Crippen LogP contribution in [0.5, 0.6) is 0 Å². The van der Waals surface area contributed by atoms with Gasteiger partial charge in [0.2, 0.25) is 5.43 Å². The summed E-state index contributed by atoms with van der Waals surface area (Å²) in [5.74, 6) is 1.52. The van der Waals surface area contributed by atoms with Gasteiger partial charge in [-0.05, 0) is 31.0 Å². The van der Waals surface area contributed by atoms with Crippen LogP contribution in [0.2, 0.25) is 0 Å². The largest absolute Gasteiger partial charge is 0.433 e. The van der Waals surface area contributed by atoms with Gasteiger partial charge in [-0.2, -0.15) is 18.3 Å². The highest BCUT2D eigenvalue weighted by atomic mass is 32.2. The lowest BCUT2D eigenvalue weighted by atomic mass is 10.0. The minimum Gasteiger partial charge on any atom is -0.287 e. The molecule has 9 heteroatoms. The number of terminal acetylenes is 1. The van der Waals surface area contributed by atoms with Crippen LogP contribution in [0.15, 0.2) is 27.9 Å². The molecule has 0 saturated carbocycles. The zero-order valence-electron chi connectivity index (χ0n) is 14.2. The molecule has 0 bridgehead atoms. The third kappa shape index (κ3) is 3.65. The van der Waals surface area contributed by atoms with E-state index in [0.717, 1.165) is 7.05 Å². The van der Waals surface area contributed by atoms with Crippen LogP contribution in [-0.2, 0) is 23.1 Å². The maximum Gasteiger partial charge on any atom is 0.433 e. The van der Waals surface area contributed by atoms with Crippen LogP contribution in [0.1, 0.15) is 16.8 Å². The summed E-state index contributed by atoms with van der Waals surface area (Å²) in [7, 11) is -2.73. The molecule has 0 radical (unpaired) electrons. The first-order chi connectivity index (χ1) is 11.9. The van der Waals surface area contributed by atoms with Crippen LogP contribution >= 0.6 is 0 Å². The highest BCUT2D eigenvalue weighted by Gasteiger charge is 2.34. The van der Waals surface area contributed by atoms with Crippen LogP contribution in [0, 0.1) is 26.2 Å². The maximum atomic E-state index is 12.9. The topological polar surface area (TPSA) is 69.0 Å². The number of hydrogen-bond acceptors (Lipinski definition) is 4. The van der Waals surface area contributed by atoms with E-state index >= 15 is 0 Å². The zero-order valence-corrected chi connectivity index (χ0v) is 15.0. The Kier molecular flexibility index (Phi) is 5.01. The summed E-state index contributed by atoms with van der Waals surface area (Å²) in [6.45, 7) is 3.18. The molecule has 1 heterocycles. The maximum absolute atomic E-state index is 12.9. The van der Waals surface area contributed by atoms with Crippen molar-refractivity contribution in [3.63, 3.8) is 0 Å². The summed E-state index contributed by atoms with van der Waals surface area (Å²) in [6, 6.07) is 3.20. The number of halogens is 3. The second-order valence-corrected chi connectivity index (χ2v) is 7.72. The lowest BCUT2D eigenvalue weighted by Crippen LogP contribution is -2.23. The second kappa shape index (κ2) is 6.61. The molecule has 1 aromatic heterocycles. The van der Waals surface area contributed by atoms with Gasteiger partial charge in [0.1, 0.15) is 17.1 Å². The summed E-state index contributed by atoms with van der Waals surface area (Å²) >= 11 is 0. The summed E-state index contributed by atoms with van der Waals surface area (Å²) in [4.78, 5) is 12.1. The van der Waals surface area contributed by atoms with E-state index in [1.54, 1.807) is 13.8 Å². The van der Waals surface area contributed by atoms with Gasteiger partial charge in [0.05, 0.1) is 4.90 Å². The highest BCUT2D eigenvalue weighted by Crippen LogP contribution is 2.30. The summed E-state index contributed by atoms with van der Waals surface area (Å²) in [5, 5.41) is 3.72. The smallest absolute Gasteiger partial charge is 0.287 e. The first-order valence-electron chi connectivity index (χ1n) is 7.32. The number of rotatable bonds is 3. The van der Waals surface area contributed by atoms with Crippen LogP contribution in [0.25, 0.3) is 11.3 Å². The van der Waals surface area contributed by atoms with Crippen molar-refractivity contribution in [2.24, 2.45) is 7.05 Å². The number of hydrogen-bond donors (Lipinski definition) is 0. The molecular formula is C17H15F3N2O3S. The third-order valence-electron chi connectivity index (χ3n) is 3.78. The summed E-state index contributed by atoms with van der Waals surface area (Å²) in [5.41, 5.74) is -1.36. The lowest BCUT2D eigenvalue weighted by Gasteiger charge is -2.14. The van der Waals surface area contributed by atoms with Gasteiger partial charge in [-0.3, -0.25) is 9.48 Å². The highest BCUT2D eigenvalue weighted by molar-refractivity contribution is 7.91. The van der Waals surface area contributed by atoms with Crippen molar-refractivity contribution in [1.29, 1.82) is 0 Å². The lowest BCUT2D eigenvalue weighted by molar-refractivity contribution is -0.144. The number of benzene rings is 1. The van der Waals surface area contributed by atoms with Crippen molar-refractivity contribution in [1.82, 2.24) is 9.78 Å². The van der Waals surface area contributed by atoms with Crippen LogP contribution in [-0.4, -0.2) is 24.0 Å². The van der Waals surface area contributed by atoms with E-state index in [1.165, 1.54) is 12.1 Å². The third-order valence-corrected chi connectivity index (χ3v) is 5.43. The number of nitrogens with zero attached hydrogens (tertiary/aromatic N) is 2. The van der Waals surface area contributed by atoms with E-state index in [1.807, 2.05) is 0 Å². The molecule has 0 fully saturated rings. The normalized spacial score (nSPS) is 12.0. The Morgan fingerprint density at radius 2 is 1.81 bits per heavy atom. The van der Waals surface area contributed by atoms with E-state index in [-0.39, 0.29) is 16.2 Å². The van der Waals surface area contributed by atoms with E-state index in [2.05, 4.69) is 11.0 Å². The molecule has 138 valence electrons. The van der Waals surface area contributed by atoms with Gasteiger partial charge >= 0.3 is 6.18 Å². The molecule has 0 unspecified atom stereocenters. The number of aryl methyl sites for hydroxylation is 3. The summed E-state index contributed by atoms with van der Waals surface area (Å²) in [6.07, 6.45) is 0.348. The molecular weight excluding hydrogens is 369 g/mol. The van der Waals surface area contributed by atoms with Crippen molar-refractivity contribution in [3.8, 4) is 23.6 Å². The Morgan fingerprint density at radius 1 is 1.19 bits per heavy atom.